The topological polar surface area (TPSA) is 94.6 Å². The van der Waals surface area contributed by atoms with Crippen molar-refractivity contribution in [2.24, 2.45) is 0 Å². The van der Waals surface area contributed by atoms with E-state index in [1.807, 2.05) is 0 Å². The number of nitrogens with zero attached hydrogens (tertiary/aromatic N) is 2. The molecule has 0 saturated heterocycles. The Hall–Kier alpha value is -3.88. The van der Waals surface area contributed by atoms with E-state index in [0.29, 0.717) is 28.6 Å². The molecule has 0 aliphatic heterocycles. The van der Waals surface area contributed by atoms with Crippen LogP contribution in [-0.2, 0) is 0 Å². The second-order valence-electron chi connectivity index (χ2n) is 5.80. The van der Waals surface area contributed by atoms with Crippen LogP contribution in [0.15, 0.2) is 48.8 Å². The molecular formula is C20H19FN4O4. The monoisotopic (exact) mass is 398 g/mol. The number of rotatable bonds is 7. The molecule has 1 amide bonds. The lowest BCUT2D eigenvalue weighted by molar-refractivity contribution is 0.102. The van der Waals surface area contributed by atoms with Gasteiger partial charge in [-0.2, -0.15) is 0 Å². The first kappa shape index (κ1) is 19.9. The van der Waals surface area contributed by atoms with Gasteiger partial charge < -0.3 is 24.8 Å². The number of amides is 1. The summed E-state index contributed by atoms with van der Waals surface area (Å²) >= 11 is 0. The Labute approximate surface area is 166 Å². The van der Waals surface area contributed by atoms with Crippen LogP contribution in [0.4, 0.5) is 21.7 Å². The molecule has 0 atom stereocenters. The van der Waals surface area contributed by atoms with Crippen molar-refractivity contribution in [1.82, 2.24) is 9.97 Å². The molecule has 1 aromatic heterocycles. The zero-order valence-corrected chi connectivity index (χ0v) is 16.0. The minimum atomic E-state index is -0.407. The van der Waals surface area contributed by atoms with E-state index in [-0.39, 0.29) is 17.3 Å². The lowest BCUT2D eigenvalue weighted by Gasteiger charge is -2.14. The van der Waals surface area contributed by atoms with E-state index in [2.05, 4.69) is 20.6 Å². The third kappa shape index (κ3) is 4.70. The summed E-state index contributed by atoms with van der Waals surface area (Å²) in [5.74, 6) is 0.908. The summed E-state index contributed by atoms with van der Waals surface area (Å²) in [6, 6.07) is 8.87. The Morgan fingerprint density at radius 3 is 2.00 bits per heavy atom. The molecule has 2 N–H and O–H groups in total. The summed E-state index contributed by atoms with van der Waals surface area (Å²) in [6.07, 6.45) is 2.76. The molecule has 8 nitrogen and oxygen atoms in total. The largest absolute Gasteiger partial charge is 0.493 e. The lowest BCUT2D eigenvalue weighted by atomic mass is 10.2. The number of anilines is 3. The molecule has 0 aliphatic rings. The maximum absolute atomic E-state index is 12.9. The van der Waals surface area contributed by atoms with Crippen molar-refractivity contribution >= 4 is 23.2 Å². The molecule has 0 bridgehead atoms. The Kier molecular flexibility index (Phi) is 6.08. The zero-order chi connectivity index (χ0) is 20.8. The fraction of sp³-hybridized carbons (Fsp3) is 0.150. The highest BCUT2D eigenvalue weighted by Gasteiger charge is 2.14. The Morgan fingerprint density at radius 1 is 0.897 bits per heavy atom. The number of carbonyl (C=O) groups is 1. The highest BCUT2D eigenvalue weighted by Crippen LogP contribution is 2.40. The SMILES string of the molecule is COc1cc(Nc2ncc(C(=O)Nc3ccc(F)cc3)cn2)cc(OC)c1OC. The number of methoxy groups -OCH3 is 3. The standard InChI is InChI=1S/C20H19FN4O4/c1-27-16-8-15(9-17(28-2)18(16)29-3)25-20-22-10-12(11-23-20)19(26)24-14-6-4-13(21)5-7-14/h4-11H,1-3H3,(H,24,26)(H,22,23,25). The molecule has 9 heteroatoms. The van der Waals surface area contributed by atoms with E-state index >= 15 is 0 Å². The van der Waals surface area contributed by atoms with Gasteiger partial charge in [0.1, 0.15) is 5.82 Å². The van der Waals surface area contributed by atoms with Gasteiger partial charge in [0.2, 0.25) is 11.7 Å². The van der Waals surface area contributed by atoms with Crippen molar-refractivity contribution in [2.75, 3.05) is 32.0 Å². The summed E-state index contributed by atoms with van der Waals surface area (Å²) in [5.41, 5.74) is 1.34. The Bertz CT molecular complexity index is 969. The van der Waals surface area contributed by atoms with Crippen LogP contribution in [0.1, 0.15) is 10.4 Å². The number of nitrogens with one attached hydrogen (secondary N) is 2. The molecule has 29 heavy (non-hydrogen) atoms. The van der Waals surface area contributed by atoms with Crippen LogP contribution in [0.25, 0.3) is 0 Å². The van der Waals surface area contributed by atoms with Gasteiger partial charge in [0, 0.05) is 35.9 Å². The summed E-state index contributed by atoms with van der Waals surface area (Å²) < 4.78 is 28.9. The van der Waals surface area contributed by atoms with Gasteiger partial charge in [-0.1, -0.05) is 0 Å². The average Bonchev–Trinajstić information content (AvgIpc) is 2.75. The van der Waals surface area contributed by atoms with Gasteiger partial charge in [0.25, 0.3) is 5.91 Å². The van der Waals surface area contributed by atoms with Crippen LogP contribution in [0.2, 0.25) is 0 Å². The molecule has 1 heterocycles. The first-order chi connectivity index (χ1) is 14.0. The molecule has 3 aromatic rings. The number of halogens is 1. The van der Waals surface area contributed by atoms with E-state index < -0.39 is 5.91 Å². The molecule has 0 unspecified atom stereocenters. The first-order valence-electron chi connectivity index (χ1n) is 8.50. The summed E-state index contributed by atoms with van der Waals surface area (Å²) in [5, 5.41) is 5.66. The number of carbonyl (C=O) groups excluding carboxylic acids is 1. The molecule has 0 fully saturated rings. The van der Waals surface area contributed by atoms with Crippen molar-refractivity contribution in [3.63, 3.8) is 0 Å². The van der Waals surface area contributed by atoms with E-state index in [1.54, 1.807) is 12.1 Å². The van der Waals surface area contributed by atoms with E-state index in [9.17, 15) is 9.18 Å². The van der Waals surface area contributed by atoms with Crippen LogP contribution in [0.5, 0.6) is 17.2 Å². The molecule has 3 rings (SSSR count). The Morgan fingerprint density at radius 2 is 1.48 bits per heavy atom. The summed E-state index contributed by atoms with van der Waals surface area (Å²) in [6.45, 7) is 0. The maximum Gasteiger partial charge on any atom is 0.258 e. The van der Waals surface area contributed by atoms with Gasteiger partial charge in [0.15, 0.2) is 11.5 Å². The van der Waals surface area contributed by atoms with Crippen LogP contribution < -0.4 is 24.8 Å². The number of hydrogen-bond donors (Lipinski definition) is 2. The molecule has 0 saturated carbocycles. The zero-order valence-electron chi connectivity index (χ0n) is 16.0. The lowest BCUT2D eigenvalue weighted by Crippen LogP contribution is -2.13. The fourth-order valence-corrected chi connectivity index (χ4v) is 2.53. The van der Waals surface area contributed by atoms with Gasteiger partial charge in [-0.3, -0.25) is 4.79 Å². The van der Waals surface area contributed by atoms with Gasteiger partial charge in [0.05, 0.1) is 26.9 Å². The molecular weight excluding hydrogens is 379 g/mol. The second-order valence-corrected chi connectivity index (χ2v) is 5.80. The van der Waals surface area contributed by atoms with Crippen molar-refractivity contribution < 1.29 is 23.4 Å². The highest BCUT2D eigenvalue weighted by atomic mass is 19.1. The molecule has 0 spiro atoms. The minimum Gasteiger partial charge on any atom is -0.493 e. The molecule has 150 valence electrons. The number of aromatic nitrogens is 2. The summed E-state index contributed by atoms with van der Waals surface area (Å²) in [4.78, 5) is 20.6. The predicted octanol–water partition coefficient (Wildman–Crippen LogP) is 3.64. The molecule has 0 aliphatic carbocycles. The quantitative estimate of drug-likeness (QED) is 0.627. The van der Waals surface area contributed by atoms with E-state index in [0.717, 1.165) is 0 Å². The van der Waals surface area contributed by atoms with Crippen LogP contribution in [0, 0.1) is 5.82 Å². The minimum absolute atomic E-state index is 0.254. The van der Waals surface area contributed by atoms with E-state index in [1.165, 1.54) is 58.0 Å². The highest BCUT2D eigenvalue weighted by molar-refractivity contribution is 6.03. The van der Waals surface area contributed by atoms with Crippen molar-refractivity contribution in [3.05, 3.63) is 60.2 Å². The van der Waals surface area contributed by atoms with E-state index in [4.69, 9.17) is 14.2 Å². The second kappa shape index (κ2) is 8.87. The van der Waals surface area contributed by atoms with Gasteiger partial charge in [-0.15, -0.1) is 0 Å². The smallest absolute Gasteiger partial charge is 0.258 e. The average molecular weight is 398 g/mol. The van der Waals surface area contributed by atoms with Crippen molar-refractivity contribution in [2.45, 2.75) is 0 Å². The number of ether oxygens (including phenoxy) is 3. The van der Waals surface area contributed by atoms with Gasteiger partial charge >= 0.3 is 0 Å². The Balaban J connectivity index is 1.73. The third-order valence-electron chi connectivity index (χ3n) is 3.94. The fourth-order valence-electron chi connectivity index (χ4n) is 2.53. The number of hydrogen-bond acceptors (Lipinski definition) is 7. The van der Waals surface area contributed by atoms with Crippen molar-refractivity contribution in [3.8, 4) is 17.2 Å². The molecule has 2 aromatic carbocycles. The normalized spacial score (nSPS) is 10.2. The summed E-state index contributed by atoms with van der Waals surface area (Å²) in [7, 11) is 4.56. The van der Waals surface area contributed by atoms with Gasteiger partial charge in [-0.25, -0.2) is 14.4 Å². The number of benzene rings is 2. The van der Waals surface area contributed by atoms with Crippen LogP contribution >= 0.6 is 0 Å². The predicted molar refractivity (Wildman–Crippen MR) is 106 cm³/mol. The van der Waals surface area contributed by atoms with Crippen LogP contribution in [0.3, 0.4) is 0 Å². The third-order valence-corrected chi connectivity index (χ3v) is 3.94. The van der Waals surface area contributed by atoms with Crippen molar-refractivity contribution in [1.29, 1.82) is 0 Å². The molecule has 0 radical (unpaired) electrons. The van der Waals surface area contributed by atoms with Crippen LogP contribution in [-0.4, -0.2) is 37.2 Å². The van der Waals surface area contributed by atoms with Gasteiger partial charge in [-0.05, 0) is 24.3 Å². The first-order valence-corrected chi connectivity index (χ1v) is 8.50. The maximum atomic E-state index is 12.9.